The molecule has 0 radical (unpaired) electrons. The van der Waals surface area contributed by atoms with E-state index < -0.39 is 17.0 Å². The molecule has 0 fully saturated rings. The highest BCUT2D eigenvalue weighted by Gasteiger charge is 2.12. The van der Waals surface area contributed by atoms with E-state index in [1.165, 1.54) is 0 Å². The van der Waals surface area contributed by atoms with Crippen LogP contribution in [0.25, 0.3) is 0 Å². The van der Waals surface area contributed by atoms with Gasteiger partial charge in [-0.3, -0.25) is 9.59 Å². The number of aryl methyl sites for hydroxylation is 1. The molecule has 6 heteroatoms. The van der Waals surface area contributed by atoms with Crippen molar-refractivity contribution in [2.45, 2.75) is 6.92 Å². The van der Waals surface area contributed by atoms with E-state index in [9.17, 15) is 14.4 Å². The van der Waals surface area contributed by atoms with E-state index in [0.717, 1.165) is 11.6 Å². The highest BCUT2D eigenvalue weighted by Crippen LogP contribution is 2.07. The molecule has 0 aliphatic rings. The van der Waals surface area contributed by atoms with E-state index in [4.69, 9.17) is 5.21 Å². The lowest BCUT2D eigenvalue weighted by Gasteiger charge is -2.02. The lowest BCUT2D eigenvalue weighted by molar-refractivity contribution is 0.103. The third-order valence-electron chi connectivity index (χ3n) is 2.47. The molecule has 0 amide bonds. The number of H-pyrrole nitrogens is 1. The normalized spacial score (nSPS) is 10.3. The van der Waals surface area contributed by atoms with Gasteiger partial charge in [-0.25, -0.2) is 4.79 Å². The number of aromatic amines is 1. The molecule has 0 aliphatic heterocycles. The number of aromatic nitrogens is 2. The molecule has 2 rings (SSSR count). The molecule has 0 spiro atoms. The van der Waals surface area contributed by atoms with E-state index in [0.29, 0.717) is 5.56 Å². The molecule has 92 valence electrons. The molecular weight excluding hydrogens is 236 g/mol. The van der Waals surface area contributed by atoms with Gasteiger partial charge in [-0.15, -0.1) is 0 Å². The third kappa shape index (κ3) is 2.08. The predicted octanol–water partition coefficient (Wildman–Crippen LogP) is 0.313. The van der Waals surface area contributed by atoms with Gasteiger partial charge in [-0.1, -0.05) is 34.6 Å². The predicted molar refractivity (Wildman–Crippen MR) is 63.1 cm³/mol. The van der Waals surface area contributed by atoms with Crippen molar-refractivity contribution in [1.82, 2.24) is 9.71 Å². The first-order chi connectivity index (χ1) is 8.49. The van der Waals surface area contributed by atoms with Crippen LogP contribution >= 0.6 is 0 Å². The summed E-state index contributed by atoms with van der Waals surface area (Å²) in [5.74, 6) is -0.482. The van der Waals surface area contributed by atoms with Crippen molar-refractivity contribution in [3.63, 3.8) is 0 Å². The van der Waals surface area contributed by atoms with Crippen molar-refractivity contribution in [2.75, 3.05) is 0 Å². The number of carbonyl (C=O) groups is 1. The van der Waals surface area contributed by atoms with Crippen LogP contribution in [0.5, 0.6) is 0 Å². The summed E-state index contributed by atoms with van der Waals surface area (Å²) in [6.07, 6.45) is 0. The van der Waals surface area contributed by atoms with Gasteiger partial charge in [0, 0.05) is 11.6 Å². The maximum absolute atomic E-state index is 12.0. The molecule has 2 N–H and O–H groups in total. The van der Waals surface area contributed by atoms with Gasteiger partial charge in [0.25, 0.3) is 5.56 Å². The Labute approximate surface area is 101 Å². The second-order valence-corrected chi connectivity index (χ2v) is 3.83. The van der Waals surface area contributed by atoms with Crippen molar-refractivity contribution in [1.29, 1.82) is 0 Å². The smallest absolute Gasteiger partial charge is 0.362 e. The average molecular weight is 246 g/mol. The quantitative estimate of drug-likeness (QED) is 0.589. The van der Waals surface area contributed by atoms with Crippen LogP contribution in [0.1, 0.15) is 21.6 Å². The number of ketones is 1. The SMILES string of the molecule is Cc1ccc(C(=O)c2cc(=O)n(O)c(=O)[nH]2)cc1. The maximum Gasteiger partial charge on any atom is 0.362 e. The Morgan fingerprint density at radius 3 is 2.39 bits per heavy atom. The summed E-state index contributed by atoms with van der Waals surface area (Å²) >= 11 is 0. The van der Waals surface area contributed by atoms with Gasteiger partial charge in [-0.2, -0.15) is 0 Å². The Morgan fingerprint density at radius 2 is 1.83 bits per heavy atom. The monoisotopic (exact) mass is 246 g/mol. The van der Waals surface area contributed by atoms with Crippen LogP contribution < -0.4 is 11.2 Å². The van der Waals surface area contributed by atoms with E-state index in [1.807, 2.05) is 6.92 Å². The van der Waals surface area contributed by atoms with Crippen molar-refractivity contribution in [3.05, 3.63) is 68.0 Å². The topological polar surface area (TPSA) is 92.2 Å². The summed E-state index contributed by atoms with van der Waals surface area (Å²) in [5.41, 5.74) is -0.802. The second-order valence-electron chi connectivity index (χ2n) is 3.83. The molecule has 0 saturated carbocycles. The summed E-state index contributed by atoms with van der Waals surface area (Å²) in [5, 5.41) is 8.97. The standard InChI is InChI=1S/C12H10N2O4/c1-7-2-4-8(5-3-7)11(16)9-6-10(15)14(18)12(17)13-9/h2-6,18H,1H3,(H,13,17). The Bertz CT molecular complexity index is 679. The molecule has 6 nitrogen and oxygen atoms in total. The fourth-order valence-electron chi connectivity index (χ4n) is 1.47. The molecule has 1 aromatic carbocycles. The molecule has 0 unspecified atom stereocenters. The number of hydrogen-bond acceptors (Lipinski definition) is 4. The largest absolute Gasteiger partial charge is 0.421 e. The molecule has 1 heterocycles. The van der Waals surface area contributed by atoms with Gasteiger partial charge < -0.3 is 10.2 Å². The Kier molecular flexibility index (Phi) is 2.85. The van der Waals surface area contributed by atoms with Gasteiger partial charge in [0.15, 0.2) is 0 Å². The Morgan fingerprint density at radius 1 is 1.22 bits per heavy atom. The van der Waals surface area contributed by atoms with Crippen molar-refractivity contribution < 1.29 is 10.0 Å². The number of benzene rings is 1. The first-order valence-corrected chi connectivity index (χ1v) is 5.16. The van der Waals surface area contributed by atoms with E-state index in [2.05, 4.69) is 4.98 Å². The zero-order valence-corrected chi connectivity index (χ0v) is 9.51. The third-order valence-corrected chi connectivity index (χ3v) is 2.47. The number of hydrogen-bond donors (Lipinski definition) is 2. The minimum absolute atomic E-state index is 0.0913. The summed E-state index contributed by atoms with van der Waals surface area (Å²) in [7, 11) is 0. The van der Waals surface area contributed by atoms with Crippen LogP contribution in [0.2, 0.25) is 0 Å². The molecule has 0 bridgehead atoms. The van der Waals surface area contributed by atoms with E-state index in [1.54, 1.807) is 24.3 Å². The Hall–Kier alpha value is -2.63. The van der Waals surface area contributed by atoms with Crippen LogP contribution in [0.4, 0.5) is 0 Å². The molecule has 0 atom stereocenters. The molecule has 1 aromatic heterocycles. The maximum atomic E-state index is 12.0. The molecule has 0 saturated heterocycles. The number of rotatable bonds is 2. The zero-order chi connectivity index (χ0) is 13.3. The fraction of sp³-hybridized carbons (Fsp3) is 0.0833. The number of nitrogens with zero attached hydrogens (tertiary/aromatic N) is 1. The highest BCUT2D eigenvalue weighted by molar-refractivity contribution is 6.07. The Balaban J connectivity index is 2.50. The van der Waals surface area contributed by atoms with Crippen LogP contribution in [-0.2, 0) is 0 Å². The minimum Gasteiger partial charge on any atom is -0.421 e. The van der Waals surface area contributed by atoms with Crippen LogP contribution in [0.15, 0.2) is 39.9 Å². The number of nitrogens with one attached hydrogen (secondary N) is 1. The first-order valence-electron chi connectivity index (χ1n) is 5.16. The van der Waals surface area contributed by atoms with Crippen molar-refractivity contribution >= 4 is 5.78 Å². The van der Waals surface area contributed by atoms with Gasteiger partial charge in [0.2, 0.25) is 5.78 Å². The lowest BCUT2D eigenvalue weighted by Crippen LogP contribution is -2.34. The number of carbonyl (C=O) groups excluding carboxylic acids is 1. The lowest BCUT2D eigenvalue weighted by atomic mass is 10.1. The second kappa shape index (κ2) is 4.33. The first kappa shape index (κ1) is 11.8. The van der Waals surface area contributed by atoms with Crippen molar-refractivity contribution in [3.8, 4) is 0 Å². The van der Waals surface area contributed by atoms with Crippen LogP contribution in [-0.4, -0.2) is 20.7 Å². The summed E-state index contributed by atoms with van der Waals surface area (Å²) in [6, 6.07) is 7.57. The van der Waals surface area contributed by atoms with E-state index >= 15 is 0 Å². The van der Waals surface area contributed by atoms with Gasteiger partial charge >= 0.3 is 5.69 Å². The molecule has 18 heavy (non-hydrogen) atoms. The van der Waals surface area contributed by atoms with E-state index in [-0.39, 0.29) is 10.4 Å². The van der Waals surface area contributed by atoms with Gasteiger partial charge in [0.05, 0.1) is 5.69 Å². The fourth-order valence-corrected chi connectivity index (χ4v) is 1.47. The van der Waals surface area contributed by atoms with Crippen LogP contribution in [0, 0.1) is 6.92 Å². The summed E-state index contributed by atoms with van der Waals surface area (Å²) in [6.45, 7) is 1.88. The summed E-state index contributed by atoms with van der Waals surface area (Å²) in [4.78, 5) is 36.5. The van der Waals surface area contributed by atoms with Gasteiger partial charge in [-0.05, 0) is 6.92 Å². The molecular formula is C12H10N2O4. The zero-order valence-electron chi connectivity index (χ0n) is 9.51. The summed E-state index contributed by atoms with van der Waals surface area (Å²) < 4.78 is -0.0913. The average Bonchev–Trinajstić information content (AvgIpc) is 2.35. The van der Waals surface area contributed by atoms with Crippen LogP contribution in [0.3, 0.4) is 0 Å². The highest BCUT2D eigenvalue weighted by atomic mass is 16.5. The minimum atomic E-state index is -1.04. The molecule has 0 aliphatic carbocycles. The van der Waals surface area contributed by atoms with Crippen molar-refractivity contribution in [2.24, 2.45) is 0 Å². The molecule has 2 aromatic rings. The van der Waals surface area contributed by atoms with Gasteiger partial charge in [0.1, 0.15) is 0 Å².